The van der Waals surface area contributed by atoms with E-state index < -0.39 is 36.4 Å². The van der Waals surface area contributed by atoms with Crippen LogP contribution < -0.4 is 0 Å². The highest BCUT2D eigenvalue weighted by atomic mass is 19.4. The maximum atomic E-state index is 10.6. The zero-order chi connectivity index (χ0) is 33.1. The number of aliphatic carboxylic acids is 3. The lowest BCUT2D eigenvalue weighted by Gasteiger charge is -2.25. The van der Waals surface area contributed by atoms with E-state index >= 15 is 0 Å². The number of likely N-dealkylation sites (tertiary alicyclic amines) is 1. The van der Waals surface area contributed by atoms with Crippen LogP contribution in [0, 0.1) is 5.92 Å². The Morgan fingerprint density at radius 3 is 1.74 bits per heavy atom. The third-order valence-electron chi connectivity index (χ3n) is 5.62. The average Bonchev–Trinajstić information content (AvgIpc) is 3.36. The molecule has 0 aliphatic carbocycles. The van der Waals surface area contributed by atoms with Crippen molar-refractivity contribution in [1.29, 1.82) is 0 Å². The fraction of sp³-hybridized carbons (Fsp3) is 0.652. The number of alkyl halides is 9. The maximum Gasteiger partial charge on any atom is 0.490 e. The van der Waals surface area contributed by atoms with E-state index in [2.05, 4.69) is 41.7 Å². The molecule has 10 nitrogen and oxygen atoms in total. The molecule has 0 aromatic carbocycles. The van der Waals surface area contributed by atoms with Crippen molar-refractivity contribution >= 4 is 17.9 Å². The molecule has 3 atom stereocenters. The van der Waals surface area contributed by atoms with Crippen LogP contribution in [-0.4, -0.2) is 111 Å². The number of nitrogens with zero attached hydrogens (tertiary/aromatic N) is 3. The van der Waals surface area contributed by atoms with Crippen molar-refractivity contribution in [2.45, 2.75) is 63.6 Å². The minimum atomic E-state index is -5.08. The predicted molar refractivity (Wildman–Crippen MR) is 125 cm³/mol. The molecule has 2 saturated heterocycles. The lowest BCUT2D eigenvalue weighted by Crippen LogP contribution is -2.35. The second-order valence-electron chi connectivity index (χ2n) is 9.29. The van der Waals surface area contributed by atoms with Gasteiger partial charge in [-0.25, -0.2) is 14.4 Å². The number of pyridine rings is 1. The van der Waals surface area contributed by atoms with E-state index in [-0.39, 0.29) is 0 Å². The predicted octanol–water partition coefficient (Wildman–Crippen LogP) is 3.91. The van der Waals surface area contributed by atoms with Crippen molar-refractivity contribution in [1.82, 2.24) is 14.8 Å². The van der Waals surface area contributed by atoms with Crippen molar-refractivity contribution in [3.63, 3.8) is 0 Å². The molecule has 2 aliphatic heterocycles. The van der Waals surface area contributed by atoms with E-state index in [1.54, 1.807) is 0 Å². The van der Waals surface area contributed by atoms with Crippen LogP contribution in [0.4, 0.5) is 39.5 Å². The van der Waals surface area contributed by atoms with Gasteiger partial charge >= 0.3 is 36.4 Å². The highest BCUT2D eigenvalue weighted by molar-refractivity contribution is 5.73. The number of halogens is 9. The summed E-state index contributed by atoms with van der Waals surface area (Å²) in [5.74, 6) is -7.56. The van der Waals surface area contributed by atoms with Crippen LogP contribution in [0.1, 0.15) is 25.8 Å². The molecule has 0 radical (unpaired) electrons. The minimum absolute atomic E-state index is 0.424. The van der Waals surface area contributed by atoms with Gasteiger partial charge in [0.25, 0.3) is 0 Å². The standard InChI is InChI=1S/C17H27N3O.3C2HF3O2/c1-13(2)19(3)11-16-7-15-10-20(12-17(15)21-16)9-14-5-4-6-18-8-14;3*3-2(4,5)1(6)7/h4-6,8,13,15-17H,7,9-12H2,1-3H3;3*(H,6,7)/t15-,16-,17+;;;/m1.../s1. The van der Waals surface area contributed by atoms with E-state index in [0.717, 1.165) is 19.6 Å². The first-order chi connectivity index (χ1) is 18.9. The highest BCUT2D eigenvalue weighted by Gasteiger charge is 2.42. The molecule has 0 amide bonds. The van der Waals surface area contributed by atoms with Crippen LogP contribution in [-0.2, 0) is 25.7 Å². The van der Waals surface area contributed by atoms with Crippen molar-refractivity contribution in [2.24, 2.45) is 5.92 Å². The molecule has 0 saturated carbocycles. The summed E-state index contributed by atoms with van der Waals surface area (Å²) in [6, 6.07) is 4.76. The van der Waals surface area contributed by atoms with Gasteiger partial charge in [-0.2, -0.15) is 39.5 Å². The molecule has 1 aromatic rings. The van der Waals surface area contributed by atoms with Crippen LogP contribution in [0.15, 0.2) is 24.5 Å². The van der Waals surface area contributed by atoms with Gasteiger partial charge in [-0.3, -0.25) is 9.88 Å². The third-order valence-corrected chi connectivity index (χ3v) is 5.62. The molecule has 3 heterocycles. The Morgan fingerprint density at radius 2 is 1.40 bits per heavy atom. The number of hydrogen-bond acceptors (Lipinski definition) is 7. The van der Waals surface area contributed by atoms with Gasteiger partial charge in [-0.1, -0.05) is 6.07 Å². The summed E-state index contributed by atoms with van der Waals surface area (Å²) in [6.07, 6.45) is -9.37. The number of aromatic nitrogens is 1. The van der Waals surface area contributed by atoms with Crippen molar-refractivity contribution in [2.75, 3.05) is 26.7 Å². The Bertz CT molecular complexity index is 919. The van der Waals surface area contributed by atoms with Gasteiger partial charge in [-0.05, 0) is 38.9 Å². The molecule has 0 spiro atoms. The topological polar surface area (TPSA) is 140 Å². The molecule has 19 heteroatoms. The molecule has 0 bridgehead atoms. The quantitative estimate of drug-likeness (QED) is 0.410. The Kier molecular flexibility index (Phi) is 15.2. The van der Waals surface area contributed by atoms with Crippen molar-refractivity contribution < 1.29 is 74.0 Å². The van der Waals surface area contributed by atoms with Crippen LogP contribution in [0.5, 0.6) is 0 Å². The Balaban J connectivity index is 0.000000660. The Morgan fingerprint density at radius 1 is 0.952 bits per heavy atom. The summed E-state index contributed by atoms with van der Waals surface area (Å²) in [7, 11) is 2.19. The summed E-state index contributed by atoms with van der Waals surface area (Å²) >= 11 is 0. The highest BCUT2D eigenvalue weighted by Crippen LogP contribution is 2.34. The molecule has 242 valence electrons. The van der Waals surface area contributed by atoms with E-state index in [0.29, 0.717) is 24.2 Å². The maximum absolute atomic E-state index is 10.6. The van der Waals surface area contributed by atoms with Gasteiger partial charge in [0, 0.05) is 50.5 Å². The van der Waals surface area contributed by atoms with Crippen LogP contribution in [0.25, 0.3) is 0 Å². The molecular weight excluding hydrogens is 601 g/mol. The molecule has 3 N–H and O–H groups in total. The minimum Gasteiger partial charge on any atom is -0.475 e. The average molecular weight is 631 g/mol. The number of ether oxygens (including phenoxy) is 1. The van der Waals surface area contributed by atoms with Gasteiger partial charge in [0.2, 0.25) is 0 Å². The van der Waals surface area contributed by atoms with Crippen LogP contribution in [0.3, 0.4) is 0 Å². The van der Waals surface area contributed by atoms with Crippen LogP contribution >= 0.6 is 0 Å². The smallest absolute Gasteiger partial charge is 0.475 e. The van der Waals surface area contributed by atoms with Gasteiger partial charge in [-0.15, -0.1) is 0 Å². The van der Waals surface area contributed by atoms with Crippen molar-refractivity contribution in [3.8, 4) is 0 Å². The van der Waals surface area contributed by atoms with Gasteiger partial charge in [0.15, 0.2) is 0 Å². The van der Waals surface area contributed by atoms with E-state index in [1.165, 1.54) is 18.5 Å². The molecule has 2 fully saturated rings. The number of carboxylic acid groups (broad SMARTS) is 3. The van der Waals surface area contributed by atoms with Crippen molar-refractivity contribution in [3.05, 3.63) is 30.1 Å². The first kappa shape index (κ1) is 38.8. The lowest BCUT2D eigenvalue weighted by molar-refractivity contribution is -0.193. The lowest BCUT2D eigenvalue weighted by atomic mass is 10.0. The number of likely N-dealkylation sites (N-methyl/N-ethyl adjacent to an activating group) is 1. The van der Waals surface area contributed by atoms with Gasteiger partial charge in [0.1, 0.15) is 0 Å². The fourth-order valence-electron chi connectivity index (χ4n) is 3.48. The first-order valence-corrected chi connectivity index (χ1v) is 11.8. The monoisotopic (exact) mass is 631 g/mol. The van der Waals surface area contributed by atoms with Gasteiger partial charge < -0.3 is 25.0 Å². The summed E-state index contributed by atoms with van der Waals surface area (Å²) in [6.45, 7) is 8.79. The number of hydrogen-bond donors (Lipinski definition) is 3. The Hall–Kier alpha value is -3.19. The SMILES string of the molecule is CC(C)N(C)C[C@H]1C[C@@H]2CN(Cc3cccnc3)C[C@@H]2O1.O=C(O)C(F)(F)F.O=C(O)C(F)(F)F.O=C(O)C(F)(F)F. The number of carbonyl (C=O) groups is 3. The van der Waals surface area contributed by atoms with Crippen LogP contribution in [0.2, 0.25) is 0 Å². The number of carboxylic acids is 3. The Labute approximate surface area is 233 Å². The number of rotatable bonds is 5. The van der Waals surface area contributed by atoms with E-state index in [4.69, 9.17) is 34.4 Å². The largest absolute Gasteiger partial charge is 0.490 e. The zero-order valence-corrected chi connectivity index (χ0v) is 22.4. The molecule has 0 unspecified atom stereocenters. The third kappa shape index (κ3) is 15.7. The molecule has 42 heavy (non-hydrogen) atoms. The molecular formula is C23H30F9N3O7. The number of fused-ring (bicyclic) bond motifs is 1. The normalized spacial score (nSPS) is 20.4. The summed E-state index contributed by atoms with van der Waals surface area (Å²) < 4.78 is 101. The molecule has 1 aromatic heterocycles. The van der Waals surface area contributed by atoms with E-state index in [1.807, 2.05) is 18.5 Å². The molecule has 2 aliphatic rings. The second-order valence-corrected chi connectivity index (χ2v) is 9.29. The van der Waals surface area contributed by atoms with Gasteiger partial charge in [0.05, 0.1) is 12.2 Å². The summed E-state index contributed by atoms with van der Waals surface area (Å²) in [4.78, 5) is 35.8. The molecule has 3 rings (SSSR count). The second kappa shape index (κ2) is 16.4. The summed E-state index contributed by atoms with van der Waals surface area (Å²) in [5.41, 5.74) is 1.30. The first-order valence-electron chi connectivity index (χ1n) is 11.8. The summed E-state index contributed by atoms with van der Waals surface area (Å²) in [5, 5.41) is 21.4. The fourth-order valence-corrected chi connectivity index (χ4v) is 3.48. The van der Waals surface area contributed by atoms with E-state index in [9.17, 15) is 39.5 Å². The zero-order valence-electron chi connectivity index (χ0n) is 22.4.